The second-order valence-corrected chi connectivity index (χ2v) is 4.75. The molecule has 0 fully saturated rings. The van der Waals surface area contributed by atoms with Crippen LogP contribution in [0.4, 0.5) is 5.69 Å². The maximum Gasteiger partial charge on any atom is 0.213 e. The van der Waals surface area contributed by atoms with E-state index in [1.165, 1.54) is 5.56 Å². The first-order valence-corrected chi connectivity index (χ1v) is 6.49. The molecule has 0 bridgehead atoms. The highest BCUT2D eigenvalue weighted by molar-refractivity contribution is 9.10. The topological polar surface area (TPSA) is 34.1 Å². The lowest BCUT2D eigenvalue weighted by molar-refractivity contribution is 0.396. The Labute approximate surface area is 115 Å². The number of nitrogens with one attached hydrogen (secondary N) is 1. The number of rotatable bonds is 4. The van der Waals surface area contributed by atoms with Crippen LogP contribution in [-0.4, -0.2) is 12.1 Å². The summed E-state index contributed by atoms with van der Waals surface area (Å²) in [7, 11) is 1.62. The molecule has 2 rings (SSSR count). The van der Waals surface area contributed by atoms with Gasteiger partial charge in [-0.15, -0.1) is 0 Å². The zero-order chi connectivity index (χ0) is 13.0. The van der Waals surface area contributed by atoms with Crippen molar-refractivity contribution in [1.29, 1.82) is 0 Å². The zero-order valence-electron chi connectivity index (χ0n) is 10.4. The predicted molar refractivity (Wildman–Crippen MR) is 77.0 cm³/mol. The van der Waals surface area contributed by atoms with Crippen LogP contribution in [0.1, 0.15) is 11.3 Å². The fourth-order valence-corrected chi connectivity index (χ4v) is 2.04. The van der Waals surface area contributed by atoms with Gasteiger partial charge in [0.1, 0.15) is 0 Å². The Morgan fingerprint density at radius 2 is 2.00 bits per heavy atom. The van der Waals surface area contributed by atoms with E-state index in [2.05, 4.69) is 39.2 Å². The van der Waals surface area contributed by atoms with Crippen LogP contribution in [0.2, 0.25) is 0 Å². The molecule has 2 aromatic rings. The van der Waals surface area contributed by atoms with Crippen molar-refractivity contribution in [1.82, 2.24) is 4.98 Å². The van der Waals surface area contributed by atoms with Crippen molar-refractivity contribution < 1.29 is 4.74 Å². The lowest BCUT2D eigenvalue weighted by atomic mass is 10.2. The van der Waals surface area contributed by atoms with Crippen LogP contribution in [0.15, 0.2) is 40.9 Å². The average molecular weight is 307 g/mol. The number of nitrogens with zero attached hydrogens (tertiary/aromatic N) is 1. The first-order valence-electron chi connectivity index (χ1n) is 5.69. The third-order valence-electron chi connectivity index (χ3n) is 2.64. The maximum atomic E-state index is 5.10. The Balaban J connectivity index is 2.09. The standard InChI is InChI=1S/C14H15BrN2O/c1-10-5-3-7-12(14(10)15)16-9-11-6-4-8-13(17-11)18-2/h3-8,16H,9H2,1-2H3. The molecule has 3 nitrogen and oxygen atoms in total. The van der Waals surface area contributed by atoms with E-state index >= 15 is 0 Å². The SMILES string of the molecule is COc1cccc(CNc2cccc(C)c2Br)n1. The summed E-state index contributed by atoms with van der Waals surface area (Å²) in [6.45, 7) is 2.73. The molecule has 1 aromatic carbocycles. The van der Waals surface area contributed by atoms with Crippen LogP contribution in [0.3, 0.4) is 0 Å². The fourth-order valence-electron chi connectivity index (χ4n) is 1.64. The van der Waals surface area contributed by atoms with Gasteiger partial charge in [-0.2, -0.15) is 0 Å². The van der Waals surface area contributed by atoms with Crippen molar-refractivity contribution in [3.63, 3.8) is 0 Å². The van der Waals surface area contributed by atoms with E-state index in [0.717, 1.165) is 15.9 Å². The van der Waals surface area contributed by atoms with Crippen LogP contribution < -0.4 is 10.1 Å². The molecule has 0 aliphatic heterocycles. The van der Waals surface area contributed by atoms with Gasteiger partial charge in [-0.1, -0.05) is 18.2 Å². The Morgan fingerprint density at radius 3 is 2.78 bits per heavy atom. The Bertz CT molecular complexity index is 543. The first kappa shape index (κ1) is 12.9. The minimum atomic E-state index is 0.637. The van der Waals surface area contributed by atoms with Crippen LogP contribution >= 0.6 is 15.9 Å². The number of ether oxygens (including phenoxy) is 1. The Kier molecular flexibility index (Phi) is 4.20. The second-order valence-electron chi connectivity index (χ2n) is 3.96. The number of methoxy groups -OCH3 is 1. The molecule has 1 N–H and O–H groups in total. The number of halogens is 1. The molecule has 0 spiro atoms. The van der Waals surface area contributed by atoms with Crippen molar-refractivity contribution in [2.45, 2.75) is 13.5 Å². The van der Waals surface area contributed by atoms with E-state index in [0.29, 0.717) is 12.4 Å². The Hall–Kier alpha value is -1.55. The largest absolute Gasteiger partial charge is 0.481 e. The van der Waals surface area contributed by atoms with Gasteiger partial charge in [0, 0.05) is 16.2 Å². The number of anilines is 1. The van der Waals surface area contributed by atoms with Crippen molar-refractivity contribution in [2.24, 2.45) is 0 Å². The normalized spacial score (nSPS) is 10.2. The summed E-state index contributed by atoms with van der Waals surface area (Å²) in [6.07, 6.45) is 0. The third-order valence-corrected chi connectivity index (χ3v) is 3.69. The van der Waals surface area contributed by atoms with E-state index < -0.39 is 0 Å². The smallest absolute Gasteiger partial charge is 0.213 e. The molecule has 4 heteroatoms. The van der Waals surface area contributed by atoms with Gasteiger partial charge >= 0.3 is 0 Å². The van der Waals surface area contributed by atoms with E-state index in [4.69, 9.17) is 4.74 Å². The van der Waals surface area contributed by atoms with Gasteiger partial charge in [0.15, 0.2) is 0 Å². The number of hydrogen-bond donors (Lipinski definition) is 1. The zero-order valence-corrected chi connectivity index (χ0v) is 12.0. The molecule has 0 saturated carbocycles. The second kappa shape index (κ2) is 5.87. The summed E-state index contributed by atoms with van der Waals surface area (Å²) in [6, 6.07) is 11.9. The molecular formula is C14H15BrN2O. The molecule has 0 unspecified atom stereocenters. The molecule has 1 heterocycles. The summed E-state index contributed by atoms with van der Waals surface area (Å²) in [5.41, 5.74) is 3.22. The molecule has 1 aromatic heterocycles. The van der Waals surface area contributed by atoms with Gasteiger partial charge in [0.25, 0.3) is 0 Å². The van der Waals surface area contributed by atoms with Gasteiger partial charge < -0.3 is 10.1 Å². The number of aromatic nitrogens is 1. The monoisotopic (exact) mass is 306 g/mol. The van der Waals surface area contributed by atoms with Gasteiger partial charge in [-0.3, -0.25) is 0 Å². The molecule has 0 radical (unpaired) electrons. The lowest BCUT2D eigenvalue weighted by Gasteiger charge is -2.10. The van der Waals surface area contributed by atoms with Gasteiger partial charge in [-0.25, -0.2) is 4.98 Å². The van der Waals surface area contributed by atoms with Crippen molar-refractivity contribution in [3.05, 3.63) is 52.1 Å². The van der Waals surface area contributed by atoms with Crippen LogP contribution in [0, 0.1) is 6.92 Å². The lowest BCUT2D eigenvalue weighted by Crippen LogP contribution is -2.03. The van der Waals surface area contributed by atoms with E-state index in [9.17, 15) is 0 Å². The van der Waals surface area contributed by atoms with E-state index in [1.807, 2.05) is 30.3 Å². The van der Waals surface area contributed by atoms with Gasteiger partial charge in [0.2, 0.25) is 5.88 Å². The molecule has 0 saturated heterocycles. The van der Waals surface area contributed by atoms with E-state index in [-0.39, 0.29) is 0 Å². The predicted octanol–water partition coefficient (Wildman–Crippen LogP) is 3.77. The number of hydrogen-bond acceptors (Lipinski definition) is 3. The average Bonchev–Trinajstić information content (AvgIpc) is 2.41. The molecule has 0 aliphatic rings. The summed E-state index contributed by atoms with van der Waals surface area (Å²) in [5.74, 6) is 0.637. The first-order chi connectivity index (χ1) is 8.70. The number of pyridine rings is 1. The van der Waals surface area contributed by atoms with Crippen LogP contribution in [-0.2, 0) is 6.54 Å². The highest BCUT2D eigenvalue weighted by Gasteiger charge is 2.03. The highest BCUT2D eigenvalue weighted by atomic mass is 79.9. The molecule has 0 atom stereocenters. The maximum absolute atomic E-state index is 5.10. The van der Waals surface area contributed by atoms with Crippen molar-refractivity contribution >= 4 is 21.6 Å². The minimum absolute atomic E-state index is 0.637. The Morgan fingerprint density at radius 1 is 1.22 bits per heavy atom. The van der Waals surface area contributed by atoms with Crippen molar-refractivity contribution in [3.8, 4) is 5.88 Å². The van der Waals surface area contributed by atoms with Gasteiger partial charge in [0.05, 0.1) is 19.3 Å². The van der Waals surface area contributed by atoms with E-state index in [1.54, 1.807) is 7.11 Å². The molecule has 18 heavy (non-hydrogen) atoms. The molecule has 0 aliphatic carbocycles. The third kappa shape index (κ3) is 3.01. The summed E-state index contributed by atoms with van der Waals surface area (Å²) in [5, 5.41) is 3.36. The van der Waals surface area contributed by atoms with Crippen LogP contribution in [0.25, 0.3) is 0 Å². The number of aryl methyl sites for hydroxylation is 1. The molecule has 0 amide bonds. The summed E-state index contributed by atoms with van der Waals surface area (Å²) >= 11 is 3.57. The summed E-state index contributed by atoms with van der Waals surface area (Å²) in [4.78, 5) is 4.36. The van der Waals surface area contributed by atoms with Gasteiger partial charge in [-0.05, 0) is 40.5 Å². The quantitative estimate of drug-likeness (QED) is 0.933. The summed E-state index contributed by atoms with van der Waals surface area (Å²) < 4.78 is 6.19. The fraction of sp³-hybridized carbons (Fsp3) is 0.214. The van der Waals surface area contributed by atoms with Crippen molar-refractivity contribution in [2.75, 3.05) is 12.4 Å². The molecule has 94 valence electrons. The number of benzene rings is 1. The highest BCUT2D eigenvalue weighted by Crippen LogP contribution is 2.26. The molecular weight excluding hydrogens is 292 g/mol. The van der Waals surface area contributed by atoms with Crippen LogP contribution in [0.5, 0.6) is 5.88 Å². The minimum Gasteiger partial charge on any atom is -0.481 e.